The van der Waals surface area contributed by atoms with E-state index in [1.807, 2.05) is 0 Å². The van der Waals surface area contributed by atoms with Gasteiger partial charge in [-0.3, -0.25) is 4.79 Å². The van der Waals surface area contributed by atoms with Crippen LogP contribution in [-0.4, -0.2) is 12.1 Å². The molecule has 0 aliphatic carbocycles. The summed E-state index contributed by atoms with van der Waals surface area (Å²) in [4.78, 5) is 11.6. The first-order chi connectivity index (χ1) is 6.18. The second-order valence-electron chi connectivity index (χ2n) is 4.01. The van der Waals surface area contributed by atoms with Crippen molar-refractivity contribution in [3.05, 3.63) is 0 Å². The minimum Gasteiger partial charge on any atom is -0.462 e. The van der Waals surface area contributed by atoms with Gasteiger partial charge in [0.1, 0.15) is 6.10 Å². The van der Waals surface area contributed by atoms with Crippen molar-refractivity contribution < 1.29 is 9.53 Å². The van der Waals surface area contributed by atoms with Crippen molar-refractivity contribution >= 4 is 5.97 Å². The number of hydrogen-bond acceptors (Lipinski definition) is 2. The van der Waals surface area contributed by atoms with Gasteiger partial charge in [0, 0.05) is 6.42 Å². The van der Waals surface area contributed by atoms with E-state index in [9.17, 15) is 4.79 Å². The van der Waals surface area contributed by atoms with Gasteiger partial charge in [-0.15, -0.1) is 0 Å². The molecule has 0 amide bonds. The van der Waals surface area contributed by atoms with Crippen LogP contribution in [0.5, 0.6) is 0 Å². The Hall–Kier alpha value is -0.530. The summed E-state index contributed by atoms with van der Waals surface area (Å²) in [6, 6.07) is 0. The molecule has 0 aromatic carbocycles. The second-order valence-corrected chi connectivity index (χ2v) is 4.01. The minimum absolute atomic E-state index is 0.0379. The Morgan fingerprint density at radius 1 is 1.38 bits per heavy atom. The SMILES string of the molecule is CCCC1CC(CC)(CC)C(=O)O1. The fraction of sp³-hybridized carbons (Fsp3) is 0.909. The molecule has 1 aliphatic heterocycles. The van der Waals surface area contributed by atoms with Crippen LogP contribution in [0.25, 0.3) is 0 Å². The van der Waals surface area contributed by atoms with E-state index in [4.69, 9.17) is 4.74 Å². The normalized spacial score (nSPS) is 26.1. The molecule has 0 radical (unpaired) electrons. The van der Waals surface area contributed by atoms with E-state index >= 15 is 0 Å². The van der Waals surface area contributed by atoms with Gasteiger partial charge < -0.3 is 4.74 Å². The van der Waals surface area contributed by atoms with E-state index < -0.39 is 0 Å². The van der Waals surface area contributed by atoms with Crippen LogP contribution in [0, 0.1) is 5.41 Å². The molecule has 0 saturated carbocycles. The lowest BCUT2D eigenvalue weighted by Crippen LogP contribution is -2.24. The quantitative estimate of drug-likeness (QED) is 0.628. The lowest BCUT2D eigenvalue weighted by molar-refractivity contribution is -0.149. The van der Waals surface area contributed by atoms with Gasteiger partial charge in [-0.2, -0.15) is 0 Å². The Labute approximate surface area is 80.7 Å². The summed E-state index contributed by atoms with van der Waals surface area (Å²) in [6.07, 6.45) is 5.09. The van der Waals surface area contributed by atoms with Crippen molar-refractivity contribution in [3.63, 3.8) is 0 Å². The van der Waals surface area contributed by atoms with Gasteiger partial charge in [-0.1, -0.05) is 27.2 Å². The number of ether oxygens (including phenoxy) is 1. The largest absolute Gasteiger partial charge is 0.462 e. The van der Waals surface area contributed by atoms with Crippen molar-refractivity contribution in [2.24, 2.45) is 5.41 Å². The Morgan fingerprint density at radius 3 is 2.38 bits per heavy atom. The van der Waals surface area contributed by atoms with Crippen molar-refractivity contribution in [2.75, 3.05) is 0 Å². The molecule has 0 aromatic heterocycles. The Balaban J connectivity index is 2.63. The molecule has 1 aliphatic rings. The van der Waals surface area contributed by atoms with Crippen molar-refractivity contribution in [1.29, 1.82) is 0 Å². The van der Waals surface area contributed by atoms with Crippen LogP contribution >= 0.6 is 0 Å². The third-order valence-electron chi connectivity index (χ3n) is 3.29. The molecule has 0 aromatic rings. The molecule has 1 fully saturated rings. The van der Waals surface area contributed by atoms with Gasteiger partial charge in [0.15, 0.2) is 0 Å². The summed E-state index contributed by atoms with van der Waals surface area (Å²) in [7, 11) is 0. The van der Waals surface area contributed by atoms with E-state index in [-0.39, 0.29) is 17.5 Å². The highest BCUT2D eigenvalue weighted by molar-refractivity contribution is 5.78. The first-order valence-corrected chi connectivity index (χ1v) is 5.39. The second kappa shape index (κ2) is 4.12. The van der Waals surface area contributed by atoms with Gasteiger partial charge >= 0.3 is 5.97 Å². The standard InChI is InChI=1S/C11H20O2/c1-4-7-9-8-11(5-2,6-3)10(12)13-9/h9H,4-8H2,1-3H3. The molecule has 1 unspecified atom stereocenters. The van der Waals surface area contributed by atoms with Gasteiger partial charge in [0.05, 0.1) is 5.41 Å². The van der Waals surface area contributed by atoms with Crippen LogP contribution in [0.4, 0.5) is 0 Å². The molecular formula is C11H20O2. The number of esters is 1. The lowest BCUT2D eigenvalue weighted by Gasteiger charge is -2.19. The molecule has 76 valence electrons. The maximum atomic E-state index is 11.6. The number of carbonyl (C=O) groups is 1. The molecule has 1 heterocycles. The van der Waals surface area contributed by atoms with Crippen LogP contribution in [-0.2, 0) is 9.53 Å². The highest BCUT2D eigenvalue weighted by Gasteiger charge is 2.45. The predicted molar refractivity (Wildman–Crippen MR) is 52.4 cm³/mol. The van der Waals surface area contributed by atoms with Crippen molar-refractivity contribution in [3.8, 4) is 0 Å². The number of rotatable bonds is 4. The zero-order valence-electron chi connectivity index (χ0n) is 8.93. The average molecular weight is 184 g/mol. The lowest BCUT2D eigenvalue weighted by atomic mass is 9.79. The summed E-state index contributed by atoms with van der Waals surface area (Å²) in [5.74, 6) is 0.0379. The topological polar surface area (TPSA) is 26.3 Å². The first kappa shape index (κ1) is 10.6. The molecule has 13 heavy (non-hydrogen) atoms. The van der Waals surface area contributed by atoms with Crippen LogP contribution in [0.1, 0.15) is 52.9 Å². The Morgan fingerprint density at radius 2 is 2.00 bits per heavy atom. The number of carbonyl (C=O) groups excluding carboxylic acids is 1. The van der Waals surface area contributed by atoms with E-state index in [0.29, 0.717) is 0 Å². The molecule has 2 heteroatoms. The third kappa shape index (κ3) is 1.87. The Bertz CT molecular complexity index is 183. The van der Waals surface area contributed by atoms with Gasteiger partial charge in [-0.05, 0) is 19.3 Å². The smallest absolute Gasteiger partial charge is 0.312 e. The monoisotopic (exact) mass is 184 g/mol. The van der Waals surface area contributed by atoms with E-state index in [0.717, 1.165) is 32.1 Å². The fourth-order valence-electron chi connectivity index (χ4n) is 2.15. The number of hydrogen-bond donors (Lipinski definition) is 0. The maximum absolute atomic E-state index is 11.6. The summed E-state index contributed by atoms with van der Waals surface area (Å²) >= 11 is 0. The van der Waals surface area contributed by atoms with Crippen molar-refractivity contribution in [2.45, 2.75) is 59.0 Å². The molecule has 0 spiro atoms. The molecule has 1 rings (SSSR count). The predicted octanol–water partition coefficient (Wildman–Crippen LogP) is 2.91. The van der Waals surface area contributed by atoms with Crippen LogP contribution in [0.3, 0.4) is 0 Å². The maximum Gasteiger partial charge on any atom is 0.312 e. The highest BCUT2D eigenvalue weighted by Crippen LogP contribution is 2.41. The number of cyclic esters (lactones) is 1. The Kier molecular flexibility index (Phi) is 3.34. The first-order valence-electron chi connectivity index (χ1n) is 5.39. The molecular weight excluding hydrogens is 164 g/mol. The molecule has 1 atom stereocenters. The zero-order chi connectivity index (χ0) is 9.90. The summed E-state index contributed by atoms with van der Waals surface area (Å²) in [5, 5.41) is 0. The summed E-state index contributed by atoms with van der Waals surface area (Å²) in [5.41, 5.74) is -0.153. The molecule has 0 bridgehead atoms. The molecule has 1 saturated heterocycles. The summed E-state index contributed by atoms with van der Waals surface area (Å²) < 4.78 is 5.36. The van der Waals surface area contributed by atoms with E-state index in [2.05, 4.69) is 20.8 Å². The minimum atomic E-state index is -0.153. The van der Waals surface area contributed by atoms with E-state index in [1.54, 1.807) is 0 Å². The van der Waals surface area contributed by atoms with Crippen LogP contribution in [0.15, 0.2) is 0 Å². The van der Waals surface area contributed by atoms with Crippen LogP contribution < -0.4 is 0 Å². The zero-order valence-corrected chi connectivity index (χ0v) is 8.93. The highest BCUT2D eigenvalue weighted by atomic mass is 16.6. The van der Waals surface area contributed by atoms with E-state index in [1.165, 1.54) is 0 Å². The van der Waals surface area contributed by atoms with Crippen LogP contribution in [0.2, 0.25) is 0 Å². The average Bonchev–Trinajstić information content (AvgIpc) is 2.44. The van der Waals surface area contributed by atoms with Gasteiger partial charge in [-0.25, -0.2) is 0 Å². The van der Waals surface area contributed by atoms with Gasteiger partial charge in [0.25, 0.3) is 0 Å². The third-order valence-corrected chi connectivity index (χ3v) is 3.29. The van der Waals surface area contributed by atoms with Gasteiger partial charge in [0.2, 0.25) is 0 Å². The van der Waals surface area contributed by atoms with Crippen molar-refractivity contribution in [1.82, 2.24) is 0 Å². The summed E-state index contributed by atoms with van der Waals surface area (Å²) in [6.45, 7) is 6.30. The fourth-order valence-corrected chi connectivity index (χ4v) is 2.15. The molecule has 2 nitrogen and oxygen atoms in total. The molecule has 0 N–H and O–H groups in total.